The molecule has 1 aromatic carbocycles. The van der Waals surface area contributed by atoms with E-state index in [2.05, 4.69) is 15.9 Å². The molecule has 8 heteroatoms. The Balaban J connectivity index is 2.24. The fourth-order valence-electron chi connectivity index (χ4n) is 1.90. The van der Waals surface area contributed by atoms with Crippen LogP contribution >= 0.6 is 27.3 Å². The SMILES string of the molecule is CN(Cc1csc(Br)c1)C(=O)c1cc(C(F)(F)F)ccc1N. The first-order valence-corrected chi connectivity index (χ1v) is 7.81. The van der Waals surface area contributed by atoms with Gasteiger partial charge in [0.15, 0.2) is 0 Å². The van der Waals surface area contributed by atoms with Crippen LogP contribution in [0, 0.1) is 0 Å². The molecule has 0 aliphatic carbocycles. The van der Waals surface area contributed by atoms with Crippen LogP contribution in [-0.2, 0) is 12.7 Å². The molecule has 118 valence electrons. The molecular formula is C14H12BrF3N2OS. The van der Waals surface area contributed by atoms with Crippen molar-refractivity contribution in [2.24, 2.45) is 0 Å². The molecule has 0 saturated heterocycles. The van der Waals surface area contributed by atoms with Gasteiger partial charge in [0, 0.05) is 19.3 Å². The van der Waals surface area contributed by atoms with Gasteiger partial charge in [0.1, 0.15) is 0 Å². The van der Waals surface area contributed by atoms with E-state index in [-0.39, 0.29) is 17.8 Å². The molecule has 3 nitrogen and oxygen atoms in total. The van der Waals surface area contributed by atoms with Crippen LogP contribution < -0.4 is 5.73 Å². The third-order valence-corrected chi connectivity index (χ3v) is 4.55. The number of nitrogen functional groups attached to an aromatic ring is 1. The molecule has 0 atom stereocenters. The smallest absolute Gasteiger partial charge is 0.398 e. The largest absolute Gasteiger partial charge is 0.416 e. The van der Waals surface area contributed by atoms with E-state index in [1.165, 1.54) is 23.3 Å². The van der Waals surface area contributed by atoms with Crippen LogP contribution in [0.1, 0.15) is 21.5 Å². The molecule has 0 aliphatic heterocycles. The molecule has 0 spiro atoms. The summed E-state index contributed by atoms with van der Waals surface area (Å²) in [6.45, 7) is 0.288. The van der Waals surface area contributed by atoms with Crippen LogP contribution in [0.3, 0.4) is 0 Å². The topological polar surface area (TPSA) is 46.3 Å². The van der Waals surface area contributed by atoms with Gasteiger partial charge in [-0.3, -0.25) is 4.79 Å². The zero-order valence-corrected chi connectivity index (χ0v) is 13.8. The summed E-state index contributed by atoms with van der Waals surface area (Å²) >= 11 is 4.79. The van der Waals surface area contributed by atoms with E-state index in [0.717, 1.165) is 27.5 Å². The van der Waals surface area contributed by atoms with E-state index < -0.39 is 17.6 Å². The van der Waals surface area contributed by atoms with Crippen molar-refractivity contribution in [3.63, 3.8) is 0 Å². The summed E-state index contributed by atoms with van der Waals surface area (Å²) in [4.78, 5) is 13.7. The molecule has 0 radical (unpaired) electrons. The van der Waals surface area contributed by atoms with Crippen molar-refractivity contribution >= 4 is 38.9 Å². The highest BCUT2D eigenvalue weighted by Crippen LogP contribution is 2.31. The lowest BCUT2D eigenvalue weighted by Gasteiger charge is -2.18. The minimum atomic E-state index is -4.51. The van der Waals surface area contributed by atoms with Crippen molar-refractivity contribution in [1.29, 1.82) is 0 Å². The van der Waals surface area contributed by atoms with Crippen molar-refractivity contribution in [3.8, 4) is 0 Å². The number of nitrogens with zero attached hydrogens (tertiary/aromatic N) is 1. The number of benzene rings is 1. The number of thiophene rings is 1. The first kappa shape index (κ1) is 16.8. The zero-order valence-electron chi connectivity index (χ0n) is 11.4. The number of anilines is 1. The van der Waals surface area contributed by atoms with Crippen molar-refractivity contribution in [3.05, 3.63) is 50.1 Å². The van der Waals surface area contributed by atoms with Crippen LogP contribution in [-0.4, -0.2) is 17.9 Å². The number of carbonyl (C=O) groups is 1. The lowest BCUT2D eigenvalue weighted by atomic mass is 10.1. The lowest BCUT2D eigenvalue weighted by molar-refractivity contribution is -0.137. The molecule has 2 rings (SSSR count). The predicted octanol–water partition coefficient (Wildman–Crippen LogP) is 4.38. The molecule has 2 aromatic rings. The Morgan fingerprint density at radius 3 is 2.59 bits per heavy atom. The average molecular weight is 393 g/mol. The quantitative estimate of drug-likeness (QED) is 0.787. The summed E-state index contributed by atoms with van der Waals surface area (Å²) in [5.74, 6) is -0.550. The third kappa shape index (κ3) is 3.80. The van der Waals surface area contributed by atoms with E-state index in [0.29, 0.717) is 0 Å². The third-order valence-electron chi connectivity index (χ3n) is 3.00. The van der Waals surface area contributed by atoms with Gasteiger partial charge < -0.3 is 10.6 Å². The molecule has 1 amide bonds. The molecule has 2 N–H and O–H groups in total. The Hall–Kier alpha value is -1.54. The van der Waals surface area contributed by atoms with Gasteiger partial charge in [0.05, 0.1) is 14.9 Å². The molecule has 22 heavy (non-hydrogen) atoms. The summed E-state index contributed by atoms with van der Waals surface area (Å²) < 4.78 is 39.2. The average Bonchev–Trinajstić information content (AvgIpc) is 2.82. The van der Waals surface area contributed by atoms with E-state index >= 15 is 0 Å². The van der Waals surface area contributed by atoms with Gasteiger partial charge >= 0.3 is 6.18 Å². The summed E-state index contributed by atoms with van der Waals surface area (Å²) in [6, 6.07) is 4.61. The van der Waals surface area contributed by atoms with Crippen LogP contribution in [0.2, 0.25) is 0 Å². The monoisotopic (exact) mass is 392 g/mol. The number of nitrogens with two attached hydrogens (primary N) is 1. The fraction of sp³-hybridized carbons (Fsp3) is 0.214. The van der Waals surface area contributed by atoms with Crippen molar-refractivity contribution in [1.82, 2.24) is 4.90 Å². The Morgan fingerprint density at radius 1 is 1.36 bits per heavy atom. The Labute approximate surface area is 137 Å². The van der Waals surface area contributed by atoms with Gasteiger partial charge in [-0.05, 0) is 51.1 Å². The minimum absolute atomic E-state index is 0.0244. The van der Waals surface area contributed by atoms with Gasteiger partial charge in [0.2, 0.25) is 0 Å². The van der Waals surface area contributed by atoms with Gasteiger partial charge in [-0.25, -0.2) is 0 Å². The Bertz CT molecular complexity index is 700. The molecule has 0 saturated carbocycles. The van der Waals surface area contributed by atoms with Crippen molar-refractivity contribution in [2.45, 2.75) is 12.7 Å². The van der Waals surface area contributed by atoms with Crippen LogP contribution in [0.5, 0.6) is 0 Å². The second-order valence-electron chi connectivity index (χ2n) is 4.72. The predicted molar refractivity (Wildman–Crippen MR) is 83.7 cm³/mol. The summed E-state index contributed by atoms with van der Waals surface area (Å²) in [5, 5.41) is 1.86. The fourth-order valence-corrected chi connectivity index (χ4v) is 3.10. The zero-order chi connectivity index (χ0) is 16.5. The van der Waals surface area contributed by atoms with E-state index in [9.17, 15) is 18.0 Å². The van der Waals surface area contributed by atoms with Gasteiger partial charge in [-0.2, -0.15) is 13.2 Å². The maximum Gasteiger partial charge on any atom is 0.416 e. The number of rotatable bonds is 3. The van der Waals surface area contributed by atoms with E-state index in [1.807, 2.05) is 11.4 Å². The van der Waals surface area contributed by atoms with Crippen LogP contribution in [0.15, 0.2) is 33.4 Å². The van der Waals surface area contributed by atoms with E-state index in [4.69, 9.17) is 5.73 Å². The van der Waals surface area contributed by atoms with Crippen LogP contribution in [0.4, 0.5) is 18.9 Å². The first-order valence-electron chi connectivity index (χ1n) is 6.13. The van der Waals surface area contributed by atoms with Gasteiger partial charge in [0.25, 0.3) is 5.91 Å². The normalized spacial score (nSPS) is 11.5. The number of hydrogen-bond acceptors (Lipinski definition) is 3. The van der Waals surface area contributed by atoms with Crippen LogP contribution in [0.25, 0.3) is 0 Å². The number of hydrogen-bond donors (Lipinski definition) is 1. The Kier molecular flexibility index (Phi) is 4.81. The molecule has 0 unspecified atom stereocenters. The minimum Gasteiger partial charge on any atom is -0.398 e. The van der Waals surface area contributed by atoms with Crippen molar-refractivity contribution < 1.29 is 18.0 Å². The first-order chi connectivity index (χ1) is 10.2. The van der Waals surface area contributed by atoms with Crippen molar-refractivity contribution in [2.75, 3.05) is 12.8 Å². The van der Waals surface area contributed by atoms with E-state index in [1.54, 1.807) is 0 Å². The number of alkyl halides is 3. The molecule has 0 aliphatic rings. The second kappa shape index (κ2) is 6.29. The molecule has 1 heterocycles. The molecular weight excluding hydrogens is 381 g/mol. The molecule has 1 aromatic heterocycles. The Morgan fingerprint density at radius 2 is 2.05 bits per heavy atom. The maximum atomic E-state index is 12.7. The number of amides is 1. The summed E-state index contributed by atoms with van der Waals surface area (Å²) in [6.07, 6.45) is -4.51. The summed E-state index contributed by atoms with van der Waals surface area (Å²) in [5.41, 5.74) is 5.52. The highest BCUT2D eigenvalue weighted by Gasteiger charge is 2.32. The number of halogens is 4. The summed E-state index contributed by atoms with van der Waals surface area (Å²) in [7, 11) is 1.52. The maximum absolute atomic E-state index is 12.7. The van der Waals surface area contributed by atoms with Gasteiger partial charge in [-0.1, -0.05) is 0 Å². The molecule has 0 fully saturated rings. The second-order valence-corrected chi connectivity index (χ2v) is 7.01. The standard InChI is InChI=1S/C14H12BrF3N2OS/c1-20(6-8-4-12(15)22-7-8)13(21)10-5-9(14(16,17)18)2-3-11(10)19/h2-5,7H,6,19H2,1H3. The number of carbonyl (C=O) groups excluding carboxylic acids is 1. The lowest BCUT2D eigenvalue weighted by Crippen LogP contribution is -2.27. The van der Waals surface area contributed by atoms with Gasteiger partial charge in [-0.15, -0.1) is 11.3 Å². The highest BCUT2D eigenvalue weighted by molar-refractivity contribution is 9.11. The highest BCUT2D eigenvalue weighted by atomic mass is 79.9. The molecule has 0 bridgehead atoms.